The summed E-state index contributed by atoms with van der Waals surface area (Å²) in [5, 5.41) is 12.9. The molecule has 0 aliphatic rings. The molecular formula is C11H14FN3O5S. The molecule has 0 unspecified atom stereocenters. The smallest absolute Gasteiger partial charge is 0.304 e. The van der Waals surface area contributed by atoms with Gasteiger partial charge in [0.25, 0.3) is 0 Å². The number of amides is 1. The van der Waals surface area contributed by atoms with Crippen LogP contribution < -0.4 is 10.0 Å². The fourth-order valence-corrected chi connectivity index (χ4v) is 2.51. The Morgan fingerprint density at radius 2 is 2.10 bits per heavy atom. The van der Waals surface area contributed by atoms with Crippen molar-refractivity contribution in [2.75, 3.05) is 13.1 Å². The third kappa shape index (κ3) is 4.76. The van der Waals surface area contributed by atoms with Crippen LogP contribution in [0.25, 0.3) is 0 Å². The van der Waals surface area contributed by atoms with Gasteiger partial charge in [-0.3, -0.25) is 14.9 Å². The summed E-state index contributed by atoms with van der Waals surface area (Å²) in [5.74, 6) is -1.57. The number of benzene rings is 1. The molecule has 1 rings (SSSR count). The first-order chi connectivity index (χ1) is 9.77. The lowest BCUT2D eigenvalue weighted by Crippen LogP contribution is -2.30. The number of rotatable bonds is 7. The Labute approximate surface area is 120 Å². The summed E-state index contributed by atoms with van der Waals surface area (Å²) < 4.78 is 39.2. The maximum absolute atomic E-state index is 13.4. The molecule has 0 fully saturated rings. The molecule has 0 saturated carbocycles. The molecule has 2 N–H and O–H groups in total. The number of nitro groups is 1. The fourth-order valence-electron chi connectivity index (χ4n) is 1.47. The molecule has 0 radical (unpaired) electrons. The molecule has 1 aromatic carbocycles. The van der Waals surface area contributed by atoms with Crippen molar-refractivity contribution < 1.29 is 22.5 Å². The molecule has 21 heavy (non-hydrogen) atoms. The monoisotopic (exact) mass is 319 g/mol. The maximum Gasteiger partial charge on any atom is 0.304 e. The highest BCUT2D eigenvalue weighted by Gasteiger charge is 2.20. The van der Waals surface area contributed by atoms with Gasteiger partial charge in [-0.1, -0.05) is 0 Å². The highest BCUT2D eigenvalue weighted by molar-refractivity contribution is 7.89. The topological polar surface area (TPSA) is 118 Å². The Kier molecular flexibility index (Phi) is 5.73. The van der Waals surface area contributed by atoms with Gasteiger partial charge in [-0.2, -0.15) is 4.39 Å². The zero-order chi connectivity index (χ0) is 16.0. The van der Waals surface area contributed by atoms with Gasteiger partial charge in [0.1, 0.15) is 0 Å². The van der Waals surface area contributed by atoms with Crippen LogP contribution in [-0.2, 0) is 14.8 Å². The van der Waals surface area contributed by atoms with E-state index in [9.17, 15) is 27.7 Å². The average Bonchev–Trinajstić information content (AvgIpc) is 2.38. The number of nitrogens with one attached hydrogen (secondary N) is 2. The summed E-state index contributed by atoms with van der Waals surface area (Å²) in [6.07, 6.45) is -0.0669. The van der Waals surface area contributed by atoms with Crippen molar-refractivity contribution in [2.45, 2.75) is 18.2 Å². The van der Waals surface area contributed by atoms with Crippen molar-refractivity contribution in [3.05, 3.63) is 34.1 Å². The molecule has 116 valence electrons. The molecular weight excluding hydrogens is 305 g/mol. The van der Waals surface area contributed by atoms with Crippen molar-refractivity contribution in [3.8, 4) is 0 Å². The van der Waals surface area contributed by atoms with Crippen LogP contribution in [0.1, 0.15) is 13.3 Å². The number of sulfonamides is 1. The number of hydrogen-bond donors (Lipinski definition) is 2. The minimum atomic E-state index is -4.03. The largest absolute Gasteiger partial charge is 0.356 e. The van der Waals surface area contributed by atoms with Gasteiger partial charge < -0.3 is 5.32 Å². The third-order valence-corrected chi connectivity index (χ3v) is 3.90. The minimum Gasteiger partial charge on any atom is -0.356 e. The SMILES string of the molecule is CCNC(=O)CCNS(=O)(=O)c1ccc([N+](=O)[O-])c(F)c1. The lowest BCUT2D eigenvalue weighted by molar-refractivity contribution is -0.387. The van der Waals surface area contributed by atoms with Crippen molar-refractivity contribution in [1.29, 1.82) is 0 Å². The quantitative estimate of drug-likeness (QED) is 0.561. The maximum atomic E-state index is 13.4. The van der Waals surface area contributed by atoms with E-state index in [0.717, 1.165) is 12.1 Å². The first-order valence-electron chi connectivity index (χ1n) is 5.98. The van der Waals surface area contributed by atoms with Gasteiger partial charge in [-0.15, -0.1) is 0 Å². The molecule has 10 heteroatoms. The van der Waals surface area contributed by atoms with Crippen molar-refractivity contribution in [2.24, 2.45) is 0 Å². The molecule has 8 nitrogen and oxygen atoms in total. The molecule has 0 heterocycles. The number of halogens is 1. The Hall–Kier alpha value is -2.07. The van der Waals surface area contributed by atoms with Crippen LogP contribution in [0, 0.1) is 15.9 Å². The number of hydrogen-bond acceptors (Lipinski definition) is 5. The van der Waals surface area contributed by atoms with Gasteiger partial charge in [0.05, 0.1) is 9.82 Å². The lowest BCUT2D eigenvalue weighted by Gasteiger charge is -2.07. The zero-order valence-corrected chi connectivity index (χ0v) is 11.9. The van der Waals surface area contributed by atoms with Gasteiger partial charge in [0.2, 0.25) is 21.7 Å². The van der Waals surface area contributed by atoms with Crippen molar-refractivity contribution in [1.82, 2.24) is 10.0 Å². The standard InChI is InChI=1S/C11H14FN3O5S/c1-2-13-11(16)5-6-14-21(19,20)8-3-4-10(15(17)18)9(12)7-8/h3-4,7,14H,2,5-6H2,1H3,(H,13,16). The Balaban J connectivity index is 2.77. The van der Waals surface area contributed by atoms with Gasteiger partial charge in [-0.25, -0.2) is 13.1 Å². The molecule has 0 atom stereocenters. The molecule has 1 amide bonds. The van der Waals surface area contributed by atoms with Gasteiger partial charge >= 0.3 is 5.69 Å². The van der Waals surface area contributed by atoms with Crippen LogP contribution in [0.2, 0.25) is 0 Å². The van der Waals surface area contributed by atoms with Gasteiger partial charge in [0, 0.05) is 31.6 Å². The molecule has 0 aliphatic carbocycles. The second-order valence-corrected chi connectivity index (χ2v) is 5.74. The summed E-state index contributed by atoms with van der Waals surface area (Å²) in [4.78, 5) is 20.2. The summed E-state index contributed by atoms with van der Waals surface area (Å²) in [5.41, 5.74) is -0.809. The van der Waals surface area contributed by atoms with E-state index in [1.54, 1.807) is 6.92 Å². The highest BCUT2D eigenvalue weighted by atomic mass is 32.2. The van der Waals surface area contributed by atoms with E-state index >= 15 is 0 Å². The number of carbonyl (C=O) groups excluding carboxylic acids is 1. The molecule has 0 saturated heterocycles. The van der Waals surface area contributed by atoms with Crippen LogP contribution in [0.5, 0.6) is 0 Å². The van der Waals surface area contributed by atoms with E-state index in [1.807, 2.05) is 0 Å². The summed E-state index contributed by atoms with van der Waals surface area (Å²) in [6.45, 7) is 1.99. The fraction of sp³-hybridized carbons (Fsp3) is 0.364. The van der Waals surface area contributed by atoms with Crippen LogP contribution >= 0.6 is 0 Å². The molecule has 0 aliphatic heterocycles. The second-order valence-electron chi connectivity index (χ2n) is 3.97. The minimum absolute atomic E-state index is 0.0669. The van der Waals surface area contributed by atoms with E-state index in [1.165, 1.54) is 0 Å². The van der Waals surface area contributed by atoms with E-state index in [2.05, 4.69) is 10.0 Å². The molecule has 0 aromatic heterocycles. The number of carbonyl (C=O) groups is 1. The number of nitro benzene ring substituents is 1. The van der Waals surface area contributed by atoms with Crippen LogP contribution in [0.4, 0.5) is 10.1 Å². The lowest BCUT2D eigenvalue weighted by atomic mass is 10.3. The van der Waals surface area contributed by atoms with Crippen LogP contribution in [0.3, 0.4) is 0 Å². The zero-order valence-electron chi connectivity index (χ0n) is 11.1. The summed E-state index contributed by atoms with van der Waals surface area (Å²) >= 11 is 0. The van der Waals surface area contributed by atoms with E-state index in [4.69, 9.17) is 0 Å². The summed E-state index contributed by atoms with van der Waals surface area (Å²) in [7, 11) is -4.03. The normalized spacial score (nSPS) is 11.1. The Bertz CT molecular complexity index is 647. The number of nitrogens with zero attached hydrogens (tertiary/aromatic N) is 1. The Morgan fingerprint density at radius 1 is 1.43 bits per heavy atom. The first-order valence-corrected chi connectivity index (χ1v) is 7.46. The van der Waals surface area contributed by atoms with Crippen molar-refractivity contribution >= 4 is 21.6 Å². The van der Waals surface area contributed by atoms with Gasteiger partial charge in [0.15, 0.2) is 0 Å². The van der Waals surface area contributed by atoms with Crippen LogP contribution in [-0.4, -0.2) is 32.3 Å². The average molecular weight is 319 g/mol. The Morgan fingerprint density at radius 3 is 2.62 bits per heavy atom. The van der Waals surface area contributed by atoms with Crippen molar-refractivity contribution in [3.63, 3.8) is 0 Å². The molecule has 1 aromatic rings. The predicted octanol–water partition coefficient (Wildman–Crippen LogP) is 0.538. The van der Waals surface area contributed by atoms with Gasteiger partial charge in [-0.05, 0) is 13.0 Å². The van der Waals surface area contributed by atoms with E-state index in [0.29, 0.717) is 12.6 Å². The highest BCUT2D eigenvalue weighted by Crippen LogP contribution is 2.20. The van der Waals surface area contributed by atoms with Crippen LogP contribution in [0.15, 0.2) is 23.1 Å². The molecule has 0 spiro atoms. The van der Waals surface area contributed by atoms with E-state index < -0.39 is 31.3 Å². The predicted molar refractivity (Wildman–Crippen MR) is 71.5 cm³/mol. The first kappa shape index (κ1) is 17.0. The third-order valence-electron chi connectivity index (χ3n) is 2.44. The second kappa shape index (κ2) is 7.09. The summed E-state index contributed by atoms with van der Waals surface area (Å²) in [6, 6.07) is 2.26. The van der Waals surface area contributed by atoms with E-state index in [-0.39, 0.29) is 18.9 Å². The molecule has 0 bridgehead atoms.